The molecule has 0 amide bonds. The molecular formula is C19H36N6. The fourth-order valence-corrected chi connectivity index (χ4v) is 4.07. The van der Waals surface area contributed by atoms with Crippen molar-refractivity contribution in [3.8, 4) is 0 Å². The van der Waals surface area contributed by atoms with Crippen molar-refractivity contribution in [3.05, 3.63) is 11.6 Å². The first kappa shape index (κ1) is 18.8. The molecular weight excluding hydrogens is 312 g/mol. The van der Waals surface area contributed by atoms with Gasteiger partial charge in [0.15, 0.2) is 0 Å². The summed E-state index contributed by atoms with van der Waals surface area (Å²) in [6.07, 6.45) is 6.48. The average Bonchev–Trinajstić information content (AvgIpc) is 2.98. The topological polar surface area (TPSA) is 40.4 Å². The average molecular weight is 349 g/mol. The first-order valence-corrected chi connectivity index (χ1v) is 10.2. The van der Waals surface area contributed by atoms with E-state index >= 15 is 0 Å². The molecule has 0 saturated carbocycles. The lowest BCUT2D eigenvalue weighted by molar-refractivity contribution is 0.144. The summed E-state index contributed by atoms with van der Waals surface area (Å²) < 4.78 is 2.27. The molecule has 25 heavy (non-hydrogen) atoms. The highest BCUT2D eigenvalue weighted by molar-refractivity contribution is 5.03. The van der Waals surface area contributed by atoms with Crippen LogP contribution in [0.4, 0.5) is 0 Å². The number of aromatic nitrogens is 3. The van der Waals surface area contributed by atoms with Gasteiger partial charge in [-0.15, -0.1) is 10.2 Å². The van der Waals surface area contributed by atoms with Crippen LogP contribution in [0.3, 0.4) is 0 Å². The van der Waals surface area contributed by atoms with Crippen LogP contribution in [0.2, 0.25) is 0 Å². The summed E-state index contributed by atoms with van der Waals surface area (Å²) in [5.74, 6) is 2.92. The Kier molecular flexibility index (Phi) is 6.84. The first-order valence-electron chi connectivity index (χ1n) is 10.2. The second kappa shape index (κ2) is 9.10. The van der Waals surface area contributed by atoms with Gasteiger partial charge in [-0.25, -0.2) is 0 Å². The van der Waals surface area contributed by atoms with Crippen molar-refractivity contribution >= 4 is 0 Å². The fraction of sp³-hybridized carbons (Fsp3) is 0.895. The molecule has 142 valence electrons. The van der Waals surface area contributed by atoms with Crippen molar-refractivity contribution in [2.75, 3.05) is 52.9 Å². The lowest BCUT2D eigenvalue weighted by Crippen LogP contribution is -2.44. The smallest absolute Gasteiger partial charge is 0.146 e. The van der Waals surface area contributed by atoms with Crippen molar-refractivity contribution in [1.29, 1.82) is 0 Å². The lowest BCUT2D eigenvalue weighted by Gasteiger charge is -2.32. The van der Waals surface area contributed by atoms with Gasteiger partial charge in [-0.1, -0.05) is 19.8 Å². The van der Waals surface area contributed by atoms with Gasteiger partial charge in [0.2, 0.25) is 0 Å². The molecule has 0 spiro atoms. The molecule has 0 aromatic carbocycles. The molecule has 2 saturated heterocycles. The zero-order chi connectivity index (χ0) is 17.6. The summed E-state index contributed by atoms with van der Waals surface area (Å²) in [7, 11) is 4.36. The summed E-state index contributed by atoms with van der Waals surface area (Å²) in [5, 5.41) is 9.11. The third-order valence-electron chi connectivity index (χ3n) is 5.99. The Morgan fingerprint density at radius 2 is 1.60 bits per heavy atom. The highest BCUT2D eigenvalue weighted by Crippen LogP contribution is 2.27. The molecule has 2 aliphatic heterocycles. The van der Waals surface area contributed by atoms with Gasteiger partial charge in [-0.2, -0.15) is 0 Å². The zero-order valence-electron chi connectivity index (χ0n) is 16.5. The van der Waals surface area contributed by atoms with Gasteiger partial charge in [0, 0.05) is 39.1 Å². The highest BCUT2D eigenvalue weighted by Gasteiger charge is 2.25. The van der Waals surface area contributed by atoms with E-state index in [0.717, 1.165) is 38.5 Å². The Morgan fingerprint density at radius 3 is 2.28 bits per heavy atom. The van der Waals surface area contributed by atoms with Crippen LogP contribution in [0.1, 0.15) is 56.6 Å². The van der Waals surface area contributed by atoms with Crippen LogP contribution in [0.15, 0.2) is 0 Å². The SMILES string of the molecule is CCCCCN1CCC(c2nnc(CN3CCN(C)CC3)n2C)CC1. The van der Waals surface area contributed by atoms with E-state index < -0.39 is 0 Å². The predicted octanol–water partition coefficient (Wildman–Crippen LogP) is 1.93. The van der Waals surface area contributed by atoms with E-state index in [2.05, 4.69) is 50.5 Å². The van der Waals surface area contributed by atoms with Crippen LogP contribution < -0.4 is 0 Å². The number of nitrogens with zero attached hydrogens (tertiary/aromatic N) is 6. The Morgan fingerprint density at radius 1 is 0.880 bits per heavy atom. The number of rotatable bonds is 7. The van der Waals surface area contributed by atoms with Gasteiger partial charge >= 0.3 is 0 Å². The molecule has 0 N–H and O–H groups in total. The van der Waals surface area contributed by atoms with Gasteiger partial charge < -0.3 is 14.4 Å². The van der Waals surface area contributed by atoms with Crippen LogP contribution >= 0.6 is 0 Å². The van der Waals surface area contributed by atoms with Crippen molar-refractivity contribution in [3.63, 3.8) is 0 Å². The minimum atomic E-state index is 0.584. The van der Waals surface area contributed by atoms with Crippen molar-refractivity contribution in [2.24, 2.45) is 7.05 Å². The van der Waals surface area contributed by atoms with Crippen LogP contribution in [0, 0.1) is 0 Å². The summed E-state index contributed by atoms with van der Waals surface area (Å²) in [6.45, 7) is 11.5. The molecule has 2 aliphatic rings. The third-order valence-corrected chi connectivity index (χ3v) is 5.99. The van der Waals surface area contributed by atoms with Crippen LogP contribution in [0.5, 0.6) is 0 Å². The Balaban J connectivity index is 1.50. The summed E-state index contributed by atoms with van der Waals surface area (Å²) in [5.41, 5.74) is 0. The van der Waals surface area contributed by atoms with E-state index in [9.17, 15) is 0 Å². The molecule has 0 aliphatic carbocycles. The molecule has 0 atom stereocenters. The Hall–Kier alpha value is -0.980. The minimum absolute atomic E-state index is 0.584. The van der Waals surface area contributed by atoms with Crippen molar-refractivity contribution in [2.45, 2.75) is 51.5 Å². The second-order valence-electron chi connectivity index (χ2n) is 7.94. The summed E-state index contributed by atoms with van der Waals surface area (Å²) in [4.78, 5) is 7.53. The molecule has 0 bridgehead atoms. The Bertz CT molecular complexity index is 512. The lowest BCUT2D eigenvalue weighted by atomic mass is 9.95. The third kappa shape index (κ3) is 5.02. The van der Waals surface area contributed by atoms with Gasteiger partial charge in [-0.05, 0) is 45.9 Å². The Labute approximate surface area is 153 Å². The van der Waals surface area contributed by atoms with E-state index in [1.807, 2.05) is 0 Å². The van der Waals surface area contributed by atoms with Crippen molar-refractivity contribution in [1.82, 2.24) is 29.5 Å². The predicted molar refractivity (Wildman–Crippen MR) is 102 cm³/mol. The first-order chi connectivity index (χ1) is 12.2. The fourth-order valence-electron chi connectivity index (χ4n) is 4.07. The molecule has 2 fully saturated rings. The molecule has 3 heterocycles. The van der Waals surface area contributed by atoms with Crippen molar-refractivity contribution < 1.29 is 0 Å². The number of likely N-dealkylation sites (tertiary alicyclic amines) is 1. The monoisotopic (exact) mass is 348 g/mol. The van der Waals surface area contributed by atoms with E-state index in [1.165, 1.54) is 57.6 Å². The molecule has 1 aromatic rings. The number of piperazine rings is 1. The van der Waals surface area contributed by atoms with Crippen LogP contribution in [0.25, 0.3) is 0 Å². The number of piperidine rings is 1. The van der Waals surface area contributed by atoms with Gasteiger partial charge in [0.1, 0.15) is 11.6 Å². The quantitative estimate of drug-likeness (QED) is 0.704. The van der Waals surface area contributed by atoms with E-state index in [-0.39, 0.29) is 0 Å². The summed E-state index contributed by atoms with van der Waals surface area (Å²) in [6, 6.07) is 0. The largest absolute Gasteiger partial charge is 0.317 e. The minimum Gasteiger partial charge on any atom is -0.317 e. The highest BCUT2D eigenvalue weighted by atomic mass is 15.3. The number of hydrogen-bond donors (Lipinski definition) is 0. The summed E-state index contributed by atoms with van der Waals surface area (Å²) >= 11 is 0. The molecule has 6 heteroatoms. The molecule has 0 unspecified atom stereocenters. The maximum atomic E-state index is 4.58. The normalized spacial score (nSPS) is 21.9. The molecule has 0 radical (unpaired) electrons. The van der Waals surface area contributed by atoms with Gasteiger partial charge in [0.05, 0.1) is 6.54 Å². The van der Waals surface area contributed by atoms with E-state index in [4.69, 9.17) is 0 Å². The standard InChI is InChI=1S/C19H36N6/c1-4-5-6-9-24-10-7-17(8-11-24)19-21-20-18(23(19)3)16-25-14-12-22(2)13-15-25/h17H,4-16H2,1-3H3. The van der Waals surface area contributed by atoms with Crippen LogP contribution in [-0.4, -0.2) is 82.3 Å². The number of likely N-dealkylation sites (N-methyl/N-ethyl adjacent to an activating group) is 1. The zero-order valence-corrected chi connectivity index (χ0v) is 16.5. The maximum Gasteiger partial charge on any atom is 0.146 e. The van der Waals surface area contributed by atoms with Gasteiger partial charge in [-0.3, -0.25) is 4.90 Å². The van der Waals surface area contributed by atoms with Gasteiger partial charge in [0.25, 0.3) is 0 Å². The maximum absolute atomic E-state index is 4.58. The van der Waals surface area contributed by atoms with E-state index in [1.54, 1.807) is 0 Å². The molecule has 6 nitrogen and oxygen atoms in total. The molecule has 3 rings (SSSR count). The van der Waals surface area contributed by atoms with E-state index in [0.29, 0.717) is 5.92 Å². The van der Waals surface area contributed by atoms with Crippen LogP contribution in [-0.2, 0) is 13.6 Å². The number of hydrogen-bond acceptors (Lipinski definition) is 5. The molecule has 1 aromatic heterocycles. The number of unbranched alkanes of at least 4 members (excludes halogenated alkanes) is 2. The second-order valence-corrected chi connectivity index (χ2v) is 7.94.